The highest BCUT2D eigenvalue weighted by atomic mass is 16.2. The molecule has 1 aromatic carbocycles. The third kappa shape index (κ3) is 3.46. The normalized spacial score (nSPS) is 14.9. The van der Waals surface area contributed by atoms with Crippen LogP contribution in [0.5, 0.6) is 0 Å². The van der Waals surface area contributed by atoms with Crippen LogP contribution in [0.2, 0.25) is 0 Å². The highest BCUT2D eigenvalue weighted by Crippen LogP contribution is 2.26. The van der Waals surface area contributed by atoms with E-state index in [-0.39, 0.29) is 5.91 Å². The zero-order valence-electron chi connectivity index (χ0n) is 10.1. The zero-order chi connectivity index (χ0) is 12.3. The van der Waals surface area contributed by atoms with Crippen molar-refractivity contribution in [3.63, 3.8) is 0 Å². The minimum atomic E-state index is 0.0318. The van der Waals surface area contributed by atoms with Crippen molar-refractivity contribution in [1.82, 2.24) is 4.90 Å². The molecule has 0 radical (unpaired) electrons. The first-order valence-corrected chi connectivity index (χ1v) is 6.08. The molecule has 1 amide bonds. The molecule has 3 N–H and O–H groups in total. The highest BCUT2D eigenvalue weighted by molar-refractivity contribution is 5.92. The van der Waals surface area contributed by atoms with Gasteiger partial charge in [-0.25, -0.2) is 0 Å². The number of nitrogen functional groups attached to an aromatic ring is 1. The van der Waals surface area contributed by atoms with Crippen LogP contribution < -0.4 is 11.1 Å². The van der Waals surface area contributed by atoms with Crippen molar-refractivity contribution in [2.75, 3.05) is 24.1 Å². The molecular formula is C13H19N3O. The number of carbonyl (C=O) groups is 1. The summed E-state index contributed by atoms with van der Waals surface area (Å²) in [7, 11) is 0. The molecule has 4 nitrogen and oxygen atoms in total. The lowest BCUT2D eigenvalue weighted by molar-refractivity contribution is -0.117. The number of hydrogen-bond donors (Lipinski definition) is 2. The van der Waals surface area contributed by atoms with E-state index in [1.807, 2.05) is 12.1 Å². The Balaban J connectivity index is 1.88. The summed E-state index contributed by atoms with van der Waals surface area (Å²) in [5.41, 5.74) is 7.09. The lowest BCUT2D eigenvalue weighted by atomic mass is 10.3. The number of anilines is 2. The van der Waals surface area contributed by atoms with Gasteiger partial charge in [0, 0.05) is 17.4 Å². The Morgan fingerprint density at radius 3 is 2.88 bits per heavy atom. The Hall–Kier alpha value is -1.55. The Labute approximate surface area is 102 Å². The number of nitrogens with two attached hydrogens (primary N) is 1. The number of rotatable bonds is 5. The number of carbonyl (C=O) groups excluding carboxylic acids is 1. The van der Waals surface area contributed by atoms with Gasteiger partial charge in [0.2, 0.25) is 5.91 Å². The van der Waals surface area contributed by atoms with E-state index in [1.54, 1.807) is 12.1 Å². The van der Waals surface area contributed by atoms with E-state index in [2.05, 4.69) is 17.1 Å². The predicted octanol–water partition coefficient (Wildman–Crippen LogP) is 1.69. The summed E-state index contributed by atoms with van der Waals surface area (Å²) in [5.74, 6) is 0.0318. The number of hydrogen-bond acceptors (Lipinski definition) is 3. The summed E-state index contributed by atoms with van der Waals surface area (Å²) >= 11 is 0. The summed E-state index contributed by atoms with van der Waals surface area (Å²) in [5, 5.41) is 2.87. The van der Waals surface area contributed by atoms with Gasteiger partial charge in [-0.05, 0) is 37.6 Å². The van der Waals surface area contributed by atoms with Crippen molar-refractivity contribution in [2.45, 2.75) is 25.8 Å². The van der Waals surface area contributed by atoms with E-state index >= 15 is 0 Å². The molecule has 4 heteroatoms. The van der Waals surface area contributed by atoms with Gasteiger partial charge >= 0.3 is 0 Å². The Morgan fingerprint density at radius 2 is 2.29 bits per heavy atom. The van der Waals surface area contributed by atoms with Crippen molar-refractivity contribution in [3.8, 4) is 0 Å². The van der Waals surface area contributed by atoms with E-state index in [4.69, 9.17) is 5.73 Å². The largest absolute Gasteiger partial charge is 0.399 e. The number of amides is 1. The maximum absolute atomic E-state index is 11.8. The summed E-state index contributed by atoms with van der Waals surface area (Å²) < 4.78 is 0. The van der Waals surface area contributed by atoms with Crippen LogP contribution in [0.1, 0.15) is 19.8 Å². The van der Waals surface area contributed by atoms with Crippen LogP contribution in [0.3, 0.4) is 0 Å². The van der Waals surface area contributed by atoms with Crippen molar-refractivity contribution >= 4 is 17.3 Å². The molecule has 0 bridgehead atoms. The van der Waals surface area contributed by atoms with Crippen LogP contribution in [-0.4, -0.2) is 29.9 Å². The molecule has 1 aromatic rings. The highest BCUT2D eigenvalue weighted by Gasteiger charge is 2.28. The third-order valence-corrected chi connectivity index (χ3v) is 2.99. The molecule has 0 aliphatic heterocycles. The van der Waals surface area contributed by atoms with Crippen molar-refractivity contribution in [2.24, 2.45) is 0 Å². The second kappa shape index (κ2) is 5.19. The first-order valence-electron chi connectivity index (χ1n) is 6.08. The van der Waals surface area contributed by atoms with Gasteiger partial charge in [0.25, 0.3) is 0 Å². The molecule has 1 fully saturated rings. The van der Waals surface area contributed by atoms with E-state index in [9.17, 15) is 4.79 Å². The average molecular weight is 233 g/mol. The smallest absolute Gasteiger partial charge is 0.238 e. The first kappa shape index (κ1) is 11.9. The van der Waals surface area contributed by atoms with Gasteiger partial charge in [0.05, 0.1) is 6.54 Å². The van der Waals surface area contributed by atoms with Gasteiger partial charge in [-0.15, -0.1) is 0 Å². The summed E-state index contributed by atoms with van der Waals surface area (Å²) in [4.78, 5) is 14.0. The molecule has 92 valence electrons. The minimum absolute atomic E-state index is 0.0318. The molecule has 1 aliphatic rings. The summed E-state index contributed by atoms with van der Waals surface area (Å²) in [6.45, 7) is 3.48. The predicted molar refractivity (Wildman–Crippen MR) is 69.8 cm³/mol. The molecule has 0 unspecified atom stereocenters. The summed E-state index contributed by atoms with van der Waals surface area (Å²) in [6, 6.07) is 7.88. The molecule has 1 saturated carbocycles. The van der Waals surface area contributed by atoms with Gasteiger partial charge < -0.3 is 11.1 Å². The lowest BCUT2D eigenvalue weighted by Crippen LogP contribution is -2.34. The van der Waals surface area contributed by atoms with Crippen LogP contribution in [0.25, 0.3) is 0 Å². The molecule has 0 spiro atoms. The van der Waals surface area contributed by atoms with Crippen LogP contribution in [-0.2, 0) is 4.79 Å². The molecule has 2 rings (SSSR count). The van der Waals surface area contributed by atoms with Gasteiger partial charge in [-0.1, -0.05) is 13.0 Å². The standard InChI is InChI=1S/C13H19N3O/c1-2-16(12-6-7-12)9-13(17)15-11-5-3-4-10(14)8-11/h3-5,8,12H,2,6-7,9,14H2,1H3,(H,15,17). The molecule has 1 aliphatic carbocycles. The number of benzene rings is 1. The van der Waals surface area contributed by atoms with E-state index in [1.165, 1.54) is 12.8 Å². The van der Waals surface area contributed by atoms with E-state index < -0.39 is 0 Å². The van der Waals surface area contributed by atoms with Crippen molar-refractivity contribution < 1.29 is 4.79 Å². The van der Waals surface area contributed by atoms with Gasteiger partial charge in [-0.3, -0.25) is 9.69 Å². The Bertz CT molecular complexity index is 401. The summed E-state index contributed by atoms with van der Waals surface area (Å²) in [6.07, 6.45) is 2.44. The maximum Gasteiger partial charge on any atom is 0.238 e. The maximum atomic E-state index is 11.8. The quantitative estimate of drug-likeness (QED) is 0.761. The average Bonchev–Trinajstić information content (AvgIpc) is 3.09. The second-order valence-corrected chi connectivity index (χ2v) is 4.47. The Kier molecular flexibility index (Phi) is 3.64. The SMILES string of the molecule is CCN(CC(=O)Nc1cccc(N)c1)C1CC1. The number of likely N-dealkylation sites (N-methyl/N-ethyl adjacent to an activating group) is 1. The van der Waals surface area contributed by atoms with E-state index in [0.29, 0.717) is 18.3 Å². The molecule has 17 heavy (non-hydrogen) atoms. The fraction of sp³-hybridized carbons (Fsp3) is 0.462. The van der Waals surface area contributed by atoms with Crippen LogP contribution >= 0.6 is 0 Å². The second-order valence-electron chi connectivity index (χ2n) is 4.47. The zero-order valence-corrected chi connectivity index (χ0v) is 10.1. The molecule has 0 aromatic heterocycles. The van der Waals surface area contributed by atoms with Crippen LogP contribution in [0.4, 0.5) is 11.4 Å². The van der Waals surface area contributed by atoms with Gasteiger partial charge in [0.1, 0.15) is 0 Å². The molecule has 0 atom stereocenters. The fourth-order valence-electron chi connectivity index (χ4n) is 1.94. The third-order valence-electron chi connectivity index (χ3n) is 2.99. The number of nitrogens with one attached hydrogen (secondary N) is 1. The van der Waals surface area contributed by atoms with Crippen molar-refractivity contribution in [1.29, 1.82) is 0 Å². The fourth-order valence-corrected chi connectivity index (χ4v) is 1.94. The first-order chi connectivity index (χ1) is 8.19. The van der Waals surface area contributed by atoms with E-state index in [0.717, 1.165) is 12.2 Å². The van der Waals surface area contributed by atoms with Crippen molar-refractivity contribution in [3.05, 3.63) is 24.3 Å². The minimum Gasteiger partial charge on any atom is -0.399 e. The lowest BCUT2D eigenvalue weighted by Gasteiger charge is -2.19. The van der Waals surface area contributed by atoms with Crippen LogP contribution in [0, 0.1) is 0 Å². The monoisotopic (exact) mass is 233 g/mol. The molecular weight excluding hydrogens is 214 g/mol. The molecule has 0 heterocycles. The van der Waals surface area contributed by atoms with Gasteiger partial charge in [-0.2, -0.15) is 0 Å². The van der Waals surface area contributed by atoms with Crippen LogP contribution in [0.15, 0.2) is 24.3 Å². The number of nitrogens with zero attached hydrogens (tertiary/aromatic N) is 1. The van der Waals surface area contributed by atoms with Gasteiger partial charge in [0.15, 0.2) is 0 Å². The topological polar surface area (TPSA) is 58.4 Å². The molecule has 0 saturated heterocycles. The Morgan fingerprint density at radius 1 is 1.53 bits per heavy atom.